The molecule has 22 heavy (non-hydrogen) atoms. The molecule has 0 spiro atoms. The summed E-state index contributed by atoms with van der Waals surface area (Å²) >= 11 is 0. The van der Waals surface area contributed by atoms with Gasteiger partial charge >= 0.3 is 0 Å². The lowest BCUT2D eigenvalue weighted by atomic mass is 10.1. The van der Waals surface area contributed by atoms with Crippen molar-refractivity contribution in [3.8, 4) is 0 Å². The number of carbonyl (C=O) groups is 1. The number of nitrogens with one attached hydrogen (secondary N) is 2. The van der Waals surface area contributed by atoms with Gasteiger partial charge in [-0.15, -0.1) is 0 Å². The molecule has 1 aliphatic rings. The van der Waals surface area contributed by atoms with Crippen molar-refractivity contribution >= 4 is 11.7 Å². The summed E-state index contributed by atoms with van der Waals surface area (Å²) in [5.41, 5.74) is 0.440. The Bertz CT molecular complexity index is 467. The summed E-state index contributed by atoms with van der Waals surface area (Å²) in [4.78, 5) is 20.4. The van der Waals surface area contributed by atoms with Gasteiger partial charge in [-0.1, -0.05) is 39.5 Å². The number of anilines is 1. The van der Waals surface area contributed by atoms with E-state index in [9.17, 15) is 4.79 Å². The maximum Gasteiger partial charge on any atom is 0.270 e. The predicted octanol–water partition coefficient (Wildman–Crippen LogP) is 3.39. The van der Waals surface area contributed by atoms with Gasteiger partial charge in [0.1, 0.15) is 17.8 Å². The fourth-order valence-corrected chi connectivity index (χ4v) is 2.76. The Kier molecular flexibility index (Phi) is 6.62. The predicted molar refractivity (Wildman–Crippen MR) is 88.9 cm³/mol. The molecule has 5 heteroatoms. The molecule has 0 aromatic carbocycles. The normalized spacial score (nSPS) is 16.3. The van der Waals surface area contributed by atoms with Gasteiger partial charge in [0.25, 0.3) is 5.91 Å². The zero-order valence-electron chi connectivity index (χ0n) is 13.8. The van der Waals surface area contributed by atoms with E-state index in [-0.39, 0.29) is 5.91 Å². The third kappa shape index (κ3) is 5.62. The number of rotatable bonds is 6. The molecule has 0 saturated heterocycles. The van der Waals surface area contributed by atoms with E-state index in [1.807, 2.05) is 0 Å². The van der Waals surface area contributed by atoms with E-state index in [0.717, 1.165) is 12.2 Å². The lowest BCUT2D eigenvalue weighted by Crippen LogP contribution is -2.26. The number of hydrogen-bond donors (Lipinski definition) is 2. The second kappa shape index (κ2) is 8.71. The summed E-state index contributed by atoms with van der Waals surface area (Å²) in [5.74, 6) is 1.22. The molecule has 1 fully saturated rings. The topological polar surface area (TPSA) is 66.9 Å². The molecule has 0 radical (unpaired) electrons. The minimum atomic E-state index is -0.119. The van der Waals surface area contributed by atoms with E-state index >= 15 is 0 Å². The van der Waals surface area contributed by atoms with E-state index in [0.29, 0.717) is 24.2 Å². The summed E-state index contributed by atoms with van der Waals surface area (Å²) in [7, 11) is 0. The van der Waals surface area contributed by atoms with Gasteiger partial charge in [0, 0.05) is 18.7 Å². The van der Waals surface area contributed by atoms with Crippen LogP contribution in [-0.4, -0.2) is 28.5 Å². The highest BCUT2D eigenvalue weighted by Crippen LogP contribution is 2.20. The lowest BCUT2D eigenvalue weighted by molar-refractivity contribution is 0.0947. The first-order valence-electron chi connectivity index (χ1n) is 8.52. The quantitative estimate of drug-likeness (QED) is 0.791. The van der Waals surface area contributed by atoms with Gasteiger partial charge in [-0.25, -0.2) is 9.97 Å². The highest BCUT2D eigenvalue weighted by atomic mass is 16.1. The molecule has 2 N–H and O–H groups in total. The summed E-state index contributed by atoms with van der Waals surface area (Å²) in [6, 6.07) is 2.23. The van der Waals surface area contributed by atoms with Gasteiger partial charge in [0.05, 0.1) is 0 Å². The second-order valence-electron chi connectivity index (χ2n) is 6.56. The molecule has 0 unspecified atom stereocenters. The lowest BCUT2D eigenvalue weighted by Gasteiger charge is -2.17. The Morgan fingerprint density at radius 2 is 1.95 bits per heavy atom. The van der Waals surface area contributed by atoms with Gasteiger partial charge in [0.2, 0.25) is 0 Å². The molecule has 0 atom stereocenters. The molecule has 1 aromatic heterocycles. The highest BCUT2D eigenvalue weighted by Gasteiger charge is 2.14. The van der Waals surface area contributed by atoms with Crippen molar-refractivity contribution in [1.29, 1.82) is 0 Å². The number of hydrogen-bond acceptors (Lipinski definition) is 4. The van der Waals surface area contributed by atoms with Crippen LogP contribution in [0.15, 0.2) is 12.4 Å². The maximum atomic E-state index is 12.1. The number of aromatic nitrogens is 2. The first-order chi connectivity index (χ1) is 10.6. The average Bonchev–Trinajstić information content (AvgIpc) is 2.76. The monoisotopic (exact) mass is 304 g/mol. The van der Waals surface area contributed by atoms with Crippen LogP contribution in [0.3, 0.4) is 0 Å². The van der Waals surface area contributed by atoms with E-state index in [4.69, 9.17) is 0 Å². The first-order valence-corrected chi connectivity index (χ1v) is 8.52. The van der Waals surface area contributed by atoms with Crippen LogP contribution in [0.25, 0.3) is 0 Å². The van der Waals surface area contributed by atoms with E-state index in [2.05, 4.69) is 34.4 Å². The molecule has 1 heterocycles. The zero-order valence-corrected chi connectivity index (χ0v) is 13.8. The minimum absolute atomic E-state index is 0.119. The highest BCUT2D eigenvalue weighted by molar-refractivity contribution is 5.92. The van der Waals surface area contributed by atoms with Crippen LogP contribution in [0.2, 0.25) is 0 Å². The van der Waals surface area contributed by atoms with Crippen molar-refractivity contribution in [2.75, 3.05) is 11.9 Å². The number of nitrogens with zero attached hydrogens (tertiary/aromatic N) is 2. The molecule has 1 saturated carbocycles. The van der Waals surface area contributed by atoms with Crippen molar-refractivity contribution in [2.24, 2.45) is 5.92 Å². The van der Waals surface area contributed by atoms with Crippen LogP contribution in [0.1, 0.15) is 69.3 Å². The maximum absolute atomic E-state index is 12.1. The zero-order chi connectivity index (χ0) is 15.8. The van der Waals surface area contributed by atoms with Crippen LogP contribution in [-0.2, 0) is 0 Å². The third-order valence-electron chi connectivity index (χ3n) is 4.11. The van der Waals surface area contributed by atoms with Crippen LogP contribution >= 0.6 is 0 Å². The summed E-state index contributed by atoms with van der Waals surface area (Å²) in [6.45, 7) is 4.98. The van der Waals surface area contributed by atoms with E-state index in [1.165, 1.54) is 44.9 Å². The molecule has 1 amide bonds. The van der Waals surface area contributed by atoms with Crippen molar-refractivity contribution in [2.45, 2.75) is 64.8 Å². The van der Waals surface area contributed by atoms with Crippen molar-refractivity contribution in [3.05, 3.63) is 18.1 Å². The third-order valence-corrected chi connectivity index (χ3v) is 4.11. The van der Waals surface area contributed by atoms with Crippen molar-refractivity contribution in [1.82, 2.24) is 15.3 Å². The smallest absolute Gasteiger partial charge is 0.270 e. The Balaban J connectivity index is 1.89. The fraction of sp³-hybridized carbons (Fsp3) is 0.706. The average molecular weight is 304 g/mol. The Labute approximate surface area is 133 Å². The standard InChI is InChI=1S/C17H28N4O/c1-13(2)9-10-18-17(22)15-11-16(20-12-19-15)21-14-7-5-3-4-6-8-14/h11-14H,3-10H2,1-2H3,(H,18,22)(H,19,20,21). The summed E-state index contributed by atoms with van der Waals surface area (Å²) in [6.07, 6.45) is 9.99. The van der Waals surface area contributed by atoms with Gasteiger partial charge in [0.15, 0.2) is 0 Å². The molecule has 2 rings (SSSR count). The molecular weight excluding hydrogens is 276 g/mol. The van der Waals surface area contributed by atoms with Gasteiger partial charge in [-0.2, -0.15) is 0 Å². The van der Waals surface area contributed by atoms with Crippen LogP contribution in [0, 0.1) is 5.92 Å². The van der Waals surface area contributed by atoms with Crippen molar-refractivity contribution < 1.29 is 4.79 Å². The van der Waals surface area contributed by atoms with Gasteiger partial charge in [-0.05, 0) is 25.2 Å². The molecule has 1 aromatic rings. The largest absolute Gasteiger partial charge is 0.367 e. The van der Waals surface area contributed by atoms with E-state index in [1.54, 1.807) is 6.07 Å². The second-order valence-corrected chi connectivity index (χ2v) is 6.56. The molecular formula is C17H28N4O. The van der Waals surface area contributed by atoms with Gasteiger partial charge in [-0.3, -0.25) is 4.79 Å². The number of amides is 1. The Hall–Kier alpha value is -1.65. The Morgan fingerprint density at radius 1 is 1.23 bits per heavy atom. The molecule has 0 aliphatic heterocycles. The summed E-state index contributed by atoms with van der Waals surface area (Å²) in [5, 5.41) is 6.37. The molecule has 5 nitrogen and oxygen atoms in total. The first kappa shape index (κ1) is 16.7. The van der Waals surface area contributed by atoms with Crippen LogP contribution in [0.4, 0.5) is 5.82 Å². The molecule has 1 aliphatic carbocycles. The van der Waals surface area contributed by atoms with Crippen LogP contribution in [0.5, 0.6) is 0 Å². The molecule has 0 bridgehead atoms. The van der Waals surface area contributed by atoms with Crippen molar-refractivity contribution in [3.63, 3.8) is 0 Å². The SMILES string of the molecule is CC(C)CCNC(=O)c1cc(NC2CCCCCC2)ncn1. The molecule has 122 valence electrons. The Morgan fingerprint density at radius 3 is 2.64 bits per heavy atom. The fourth-order valence-electron chi connectivity index (χ4n) is 2.76. The summed E-state index contributed by atoms with van der Waals surface area (Å²) < 4.78 is 0. The minimum Gasteiger partial charge on any atom is -0.367 e. The van der Waals surface area contributed by atoms with E-state index < -0.39 is 0 Å². The number of carbonyl (C=O) groups excluding carboxylic acids is 1. The van der Waals surface area contributed by atoms with Crippen LogP contribution < -0.4 is 10.6 Å². The van der Waals surface area contributed by atoms with Gasteiger partial charge < -0.3 is 10.6 Å².